The minimum atomic E-state index is -0.720. The van der Waals surface area contributed by atoms with E-state index in [-0.39, 0.29) is 12.5 Å². The van der Waals surface area contributed by atoms with Crippen molar-refractivity contribution in [3.05, 3.63) is 65.4 Å². The number of aryl methyl sites for hydroxylation is 1. The quantitative estimate of drug-likeness (QED) is 0.691. The van der Waals surface area contributed by atoms with Gasteiger partial charge in [-0.3, -0.25) is 9.89 Å². The van der Waals surface area contributed by atoms with Gasteiger partial charge in [0.05, 0.1) is 17.8 Å². The third kappa shape index (κ3) is 2.84. The maximum Gasteiger partial charge on any atom is 0.251 e. The average Bonchev–Trinajstić information content (AvgIpc) is 3.00. The van der Waals surface area contributed by atoms with Gasteiger partial charge in [0.2, 0.25) is 0 Å². The number of amides is 1. The van der Waals surface area contributed by atoms with Gasteiger partial charge < -0.3 is 10.4 Å². The summed E-state index contributed by atoms with van der Waals surface area (Å²) in [6.07, 6.45) is 0.955. The maximum absolute atomic E-state index is 12.2. The number of nitrogens with zero attached hydrogens (tertiary/aromatic N) is 1. The van der Waals surface area contributed by atoms with Crippen molar-refractivity contribution in [2.75, 3.05) is 6.54 Å². The summed E-state index contributed by atoms with van der Waals surface area (Å²) in [5.74, 6) is -0.212. The van der Waals surface area contributed by atoms with E-state index in [2.05, 4.69) is 15.5 Å². The Kier molecular flexibility index (Phi) is 3.89. The highest BCUT2D eigenvalue weighted by Crippen LogP contribution is 2.17. The largest absolute Gasteiger partial charge is 0.387 e. The van der Waals surface area contributed by atoms with Gasteiger partial charge in [0.1, 0.15) is 0 Å². The van der Waals surface area contributed by atoms with Crippen LogP contribution in [-0.2, 0) is 0 Å². The fraction of sp³-hybridized carbons (Fsp3) is 0.176. The lowest BCUT2D eigenvalue weighted by molar-refractivity contribution is 0.0916. The normalized spacial score (nSPS) is 12.3. The Balaban J connectivity index is 1.68. The zero-order chi connectivity index (χ0) is 15.5. The fourth-order valence-corrected chi connectivity index (χ4v) is 2.45. The van der Waals surface area contributed by atoms with E-state index < -0.39 is 6.10 Å². The molecule has 3 aromatic rings. The van der Waals surface area contributed by atoms with Crippen LogP contribution in [-0.4, -0.2) is 27.8 Å². The van der Waals surface area contributed by atoms with Crippen LogP contribution in [0.25, 0.3) is 10.9 Å². The van der Waals surface area contributed by atoms with Crippen LogP contribution < -0.4 is 5.32 Å². The monoisotopic (exact) mass is 295 g/mol. The molecule has 0 bridgehead atoms. The second kappa shape index (κ2) is 5.99. The number of fused-ring (bicyclic) bond motifs is 1. The molecule has 1 unspecified atom stereocenters. The first-order valence-electron chi connectivity index (χ1n) is 7.10. The highest BCUT2D eigenvalue weighted by atomic mass is 16.3. The highest BCUT2D eigenvalue weighted by Gasteiger charge is 2.13. The van der Waals surface area contributed by atoms with Crippen LogP contribution in [0.2, 0.25) is 0 Å². The molecule has 0 spiro atoms. The van der Waals surface area contributed by atoms with Crippen LogP contribution in [0.15, 0.2) is 48.7 Å². The minimum absolute atomic E-state index is 0.174. The number of benzene rings is 2. The number of carbonyl (C=O) groups is 1. The van der Waals surface area contributed by atoms with Gasteiger partial charge in [0.15, 0.2) is 0 Å². The van der Waals surface area contributed by atoms with Gasteiger partial charge in [-0.15, -0.1) is 0 Å². The average molecular weight is 295 g/mol. The number of rotatable bonds is 4. The lowest BCUT2D eigenvalue weighted by Crippen LogP contribution is -2.28. The van der Waals surface area contributed by atoms with Crippen molar-refractivity contribution >= 4 is 16.8 Å². The summed E-state index contributed by atoms with van der Waals surface area (Å²) in [5, 5.41) is 20.6. The molecule has 1 atom stereocenters. The summed E-state index contributed by atoms with van der Waals surface area (Å²) < 4.78 is 0. The summed E-state index contributed by atoms with van der Waals surface area (Å²) in [6.45, 7) is 2.11. The number of aliphatic hydroxyl groups is 1. The third-order valence-electron chi connectivity index (χ3n) is 3.71. The van der Waals surface area contributed by atoms with E-state index in [1.165, 1.54) is 0 Å². The smallest absolute Gasteiger partial charge is 0.251 e. The number of aromatic nitrogens is 2. The summed E-state index contributed by atoms with van der Waals surface area (Å²) >= 11 is 0. The molecule has 0 aliphatic carbocycles. The SMILES string of the molecule is Cc1ccccc1C(O)CNC(=O)c1ccc2[nH]ncc2c1. The number of aliphatic hydroxyl groups excluding tert-OH is 1. The first-order valence-corrected chi connectivity index (χ1v) is 7.10. The van der Waals surface area contributed by atoms with Crippen molar-refractivity contribution in [3.8, 4) is 0 Å². The summed E-state index contributed by atoms with van der Waals surface area (Å²) in [4.78, 5) is 12.2. The molecule has 5 heteroatoms. The molecule has 0 saturated heterocycles. The minimum Gasteiger partial charge on any atom is -0.387 e. The van der Waals surface area contributed by atoms with Crippen LogP contribution in [0.5, 0.6) is 0 Å². The lowest BCUT2D eigenvalue weighted by atomic mass is 10.0. The molecular weight excluding hydrogens is 278 g/mol. The Hall–Kier alpha value is -2.66. The van der Waals surface area contributed by atoms with E-state index in [1.54, 1.807) is 18.3 Å². The molecule has 3 rings (SSSR count). The van der Waals surface area contributed by atoms with Crippen molar-refractivity contribution in [1.82, 2.24) is 15.5 Å². The second-order valence-electron chi connectivity index (χ2n) is 5.25. The first kappa shape index (κ1) is 14.3. The van der Waals surface area contributed by atoms with E-state index in [9.17, 15) is 9.90 Å². The van der Waals surface area contributed by atoms with Gasteiger partial charge in [-0.1, -0.05) is 24.3 Å². The number of hydrogen-bond acceptors (Lipinski definition) is 3. The van der Waals surface area contributed by atoms with Crippen molar-refractivity contribution in [3.63, 3.8) is 0 Å². The van der Waals surface area contributed by atoms with Gasteiger partial charge in [0, 0.05) is 17.5 Å². The summed E-state index contributed by atoms with van der Waals surface area (Å²) in [5.41, 5.74) is 3.26. The Bertz CT molecular complexity index is 810. The standard InChI is InChI=1S/C17H17N3O2/c1-11-4-2-3-5-14(11)16(21)10-18-17(22)12-6-7-15-13(8-12)9-19-20-15/h2-9,16,21H,10H2,1H3,(H,18,22)(H,19,20). The van der Waals surface area contributed by atoms with E-state index >= 15 is 0 Å². The molecule has 3 N–H and O–H groups in total. The third-order valence-corrected chi connectivity index (χ3v) is 3.71. The van der Waals surface area contributed by atoms with Gasteiger partial charge in [-0.05, 0) is 36.2 Å². The van der Waals surface area contributed by atoms with Gasteiger partial charge in [-0.25, -0.2) is 0 Å². The molecule has 0 fully saturated rings. The summed E-state index contributed by atoms with van der Waals surface area (Å²) in [7, 11) is 0. The van der Waals surface area contributed by atoms with Crippen molar-refractivity contribution < 1.29 is 9.90 Å². The molecule has 22 heavy (non-hydrogen) atoms. The number of H-pyrrole nitrogens is 1. The maximum atomic E-state index is 12.2. The van der Waals surface area contributed by atoms with E-state index in [0.29, 0.717) is 5.56 Å². The lowest BCUT2D eigenvalue weighted by Gasteiger charge is -2.14. The van der Waals surface area contributed by atoms with Crippen LogP contribution in [0.1, 0.15) is 27.6 Å². The predicted octanol–water partition coefficient (Wildman–Crippen LogP) is 2.33. The van der Waals surface area contributed by atoms with E-state index in [4.69, 9.17) is 0 Å². The van der Waals surface area contributed by atoms with Crippen molar-refractivity contribution in [2.24, 2.45) is 0 Å². The summed E-state index contributed by atoms with van der Waals surface area (Å²) in [6, 6.07) is 12.9. The highest BCUT2D eigenvalue weighted by molar-refractivity contribution is 5.97. The fourth-order valence-electron chi connectivity index (χ4n) is 2.45. The van der Waals surface area contributed by atoms with Crippen LogP contribution >= 0.6 is 0 Å². The molecule has 0 radical (unpaired) electrons. The van der Waals surface area contributed by atoms with Crippen molar-refractivity contribution in [1.29, 1.82) is 0 Å². The molecule has 0 aliphatic heterocycles. The number of nitrogens with one attached hydrogen (secondary N) is 2. The number of aromatic amines is 1. The molecular formula is C17H17N3O2. The molecule has 5 nitrogen and oxygen atoms in total. The molecule has 0 saturated carbocycles. The first-order chi connectivity index (χ1) is 10.6. The zero-order valence-electron chi connectivity index (χ0n) is 12.2. The zero-order valence-corrected chi connectivity index (χ0v) is 12.2. The molecule has 2 aromatic carbocycles. The number of carbonyl (C=O) groups excluding carboxylic acids is 1. The van der Waals surface area contributed by atoms with Crippen LogP contribution in [0.4, 0.5) is 0 Å². The van der Waals surface area contributed by atoms with Crippen LogP contribution in [0, 0.1) is 6.92 Å². The van der Waals surface area contributed by atoms with Gasteiger partial charge in [-0.2, -0.15) is 5.10 Å². The van der Waals surface area contributed by atoms with Gasteiger partial charge in [0.25, 0.3) is 5.91 Å². The van der Waals surface area contributed by atoms with E-state index in [1.807, 2.05) is 37.3 Å². The Morgan fingerprint density at radius 3 is 2.95 bits per heavy atom. The Labute approximate surface area is 128 Å². The number of hydrogen-bond donors (Lipinski definition) is 3. The molecule has 1 heterocycles. The van der Waals surface area contributed by atoms with Crippen molar-refractivity contribution in [2.45, 2.75) is 13.0 Å². The predicted molar refractivity (Wildman–Crippen MR) is 84.6 cm³/mol. The molecule has 1 aromatic heterocycles. The topological polar surface area (TPSA) is 78.0 Å². The molecule has 1 amide bonds. The Morgan fingerprint density at radius 1 is 1.32 bits per heavy atom. The van der Waals surface area contributed by atoms with Crippen LogP contribution in [0.3, 0.4) is 0 Å². The Morgan fingerprint density at radius 2 is 2.14 bits per heavy atom. The van der Waals surface area contributed by atoms with Gasteiger partial charge >= 0.3 is 0 Å². The second-order valence-corrected chi connectivity index (χ2v) is 5.25. The molecule has 112 valence electrons. The van der Waals surface area contributed by atoms with E-state index in [0.717, 1.165) is 22.0 Å². The molecule has 0 aliphatic rings.